The fourth-order valence-electron chi connectivity index (χ4n) is 1.58. The summed E-state index contributed by atoms with van der Waals surface area (Å²) < 4.78 is 0.970. The maximum atomic E-state index is 11.2. The molecular formula is C13H12BrN3O. The van der Waals surface area contributed by atoms with Crippen molar-refractivity contribution in [1.82, 2.24) is 0 Å². The predicted molar refractivity (Wildman–Crippen MR) is 76.8 cm³/mol. The van der Waals surface area contributed by atoms with Crippen LogP contribution >= 0.6 is 15.9 Å². The summed E-state index contributed by atoms with van der Waals surface area (Å²) in [4.78, 5) is 11.2. The Morgan fingerprint density at radius 1 is 1.11 bits per heavy atom. The minimum absolute atomic E-state index is 0.315. The zero-order chi connectivity index (χ0) is 13.1. The van der Waals surface area contributed by atoms with E-state index in [0.29, 0.717) is 11.3 Å². The average molecular weight is 306 g/mol. The number of nitrogen functional groups attached to an aromatic ring is 1. The van der Waals surface area contributed by atoms with Crippen molar-refractivity contribution in [3.8, 4) is 0 Å². The zero-order valence-electron chi connectivity index (χ0n) is 9.48. The first-order valence-electron chi connectivity index (χ1n) is 5.28. The van der Waals surface area contributed by atoms with Gasteiger partial charge in [0.05, 0.1) is 5.56 Å². The number of nitrogens with one attached hydrogen (secondary N) is 1. The van der Waals surface area contributed by atoms with Crippen LogP contribution in [0.1, 0.15) is 10.4 Å². The topological polar surface area (TPSA) is 81.1 Å². The molecule has 18 heavy (non-hydrogen) atoms. The molecule has 0 aliphatic carbocycles. The van der Waals surface area contributed by atoms with Crippen molar-refractivity contribution in [1.29, 1.82) is 0 Å². The molecule has 1 amide bonds. The Hall–Kier alpha value is -2.01. The number of amides is 1. The first-order valence-corrected chi connectivity index (χ1v) is 6.07. The van der Waals surface area contributed by atoms with Crippen molar-refractivity contribution in [3.63, 3.8) is 0 Å². The van der Waals surface area contributed by atoms with Gasteiger partial charge < -0.3 is 16.8 Å². The van der Waals surface area contributed by atoms with Gasteiger partial charge in [-0.1, -0.05) is 22.0 Å². The van der Waals surface area contributed by atoms with Crippen molar-refractivity contribution in [2.45, 2.75) is 0 Å². The van der Waals surface area contributed by atoms with Gasteiger partial charge in [-0.25, -0.2) is 0 Å². The molecule has 2 rings (SSSR count). The molecule has 5 heteroatoms. The molecule has 0 aliphatic rings. The van der Waals surface area contributed by atoms with E-state index in [1.54, 1.807) is 18.2 Å². The molecule has 0 aromatic heterocycles. The predicted octanol–water partition coefficient (Wildman–Crippen LogP) is 2.87. The molecule has 2 aromatic rings. The molecular weight excluding hydrogens is 294 g/mol. The molecule has 5 N–H and O–H groups in total. The summed E-state index contributed by atoms with van der Waals surface area (Å²) >= 11 is 3.39. The molecule has 0 heterocycles. The fourth-order valence-corrected chi connectivity index (χ4v) is 1.98. The fraction of sp³-hybridized carbons (Fsp3) is 0. The van der Waals surface area contributed by atoms with Crippen LogP contribution in [0.5, 0.6) is 0 Å². The number of hydrogen-bond donors (Lipinski definition) is 3. The second-order valence-electron chi connectivity index (χ2n) is 3.80. The first kappa shape index (κ1) is 12.4. The summed E-state index contributed by atoms with van der Waals surface area (Å²) in [6.07, 6.45) is 0. The number of hydrogen-bond acceptors (Lipinski definition) is 3. The zero-order valence-corrected chi connectivity index (χ0v) is 11.1. The maximum absolute atomic E-state index is 11.2. The van der Waals surface area contributed by atoms with Gasteiger partial charge in [0.15, 0.2) is 0 Å². The highest BCUT2D eigenvalue weighted by Crippen LogP contribution is 2.23. The molecule has 0 saturated heterocycles. The lowest BCUT2D eigenvalue weighted by Gasteiger charge is -2.09. The number of rotatable bonds is 3. The number of primary amides is 1. The Morgan fingerprint density at radius 3 is 2.50 bits per heavy atom. The standard InChI is InChI=1S/C13H12BrN3O/c14-8-2-1-3-9(6-8)17-10-4-5-12(15)11(7-10)13(16)18/h1-7,17H,15H2,(H2,16,18). The van der Waals surface area contributed by atoms with Gasteiger partial charge in [-0.3, -0.25) is 4.79 Å². The van der Waals surface area contributed by atoms with Crippen LogP contribution in [-0.4, -0.2) is 5.91 Å². The second-order valence-corrected chi connectivity index (χ2v) is 4.72. The minimum atomic E-state index is -0.537. The van der Waals surface area contributed by atoms with Gasteiger partial charge in [-0.2, -0.15) is 0 Å². The third kappa shape index (κ3) is 2.81. The summed E-state index contributed by atoms with van der Waals surface area (Å²) in [5.41, 5.74) is 13.3. The Labute approximate surface area is 113 Å². The highest BCUT2D eigenvalue weighted by atomic mass is 79.9. The van der Waals surface area contributed by atoms with Crippen molar-refractivity contribution < 1.29 is 4.79 Å². The third-order valence-electron chi connectivity index (χ3n) is 2.43. The SMILES string of the molecule is NC(=O)c1cc(Nc2cccc(Br)c2)ccc1N. The van der Waals surface area contributed by atoms with Crippen LogP contribution < -0.4 is 16.8 Å². The minimum Gasteiger partial charge on any atom is -0.398 e. The molecule has 92 valence electrons. The third-order valence-corrected chi connectivity index (χ3v) is 2.93. The van der Waals surface area contributed by atoms with Crippen molar-refractivity contribution in [2.75, 3.05) is 11.1 Å². The number of nitrogens with two attached hydrogens (primary N) is 2. The van der Waals surface area contributed by atoms with Crippen molar-refractivity contribution in [3.05, 3.63) is 52.5 Å². The van der Waals surface area contributed by atoms with Crippen LogP contribution in [0.2, 0.25) is 0 Å². The number of anilines is 3. The lowest BCUT2D eigenvalue weighted by molar-refractivity contribution is 0.100. The van der Waals surface area contributed by atoms with Gasteiger partial charge in [-0.15, -0.1) is 0 Å². The average Bonchev–Trinajstić information content (AvgIpc) is 2.31. The summed E-state index contributed by atoms with van der Waals surface area (Å²) in [6.45, 7) is 0. The normalized spacial score (nSPS) is 10.1. The van der Waals surface area contributed by atoms with E-state index in [1.165, 1.54) is 0 Å². The van der Waals surface area contributed by atoms with Crippen LogP contribution in [0.4, 0.5) is 17.1 Å². The van der Waals surface area contributed by atoms with Gasteiger partial charge in [0.25, 0.3) is 5.91 Å². The van der Waals surface area contributed by atoms with E-state index in [0.717, 1.165) is 15.8 Å². The molecule has 0 unspecified atom stereocenters. The lowest BCUT2D eigenvalue weighted by Crippen LogP contribution is -2.13. The van der Waals surface area contributed by atoms with E-state index in [4.69, 9.17) is 11.5 Å². The van der Waals surface area contributed by atoms with E-state index in [-0.39, 0.29) is 0 Å². The Balaban J connectivity index is 2.30. The molecule has 0 spiro atoms. The highest BCUT2D eigenvalue weighted by Gasteiger charge is 2.06. The molecule has 0 fully saturated rings. The summed E-state index contributed by atoms with van der Waals surface area (Å²) in [6, 6.07) is 12.8. The summed E-state index contributed by atoms with van der Waals surface area (Å²) in [5.74, 6) is -0.537. The van der Waals surface area contributed by atoms with Crippen molar-refractivity contribution in [2.24, 2.45) is 5.73 Å². The van der Waals surface area contributed by atoms with Crippen molar-refractivity contribution >= 4 is 38.9 Å². The maximum Gasteiger partial charge on any atom is 0.250 e. The van der Waals surface area contributed by atoms with Crippen LogP contribution in [0.25, 0.3) is 0 Å². The van der Waals surface area contributed by atoms with Crippen LogP contribution in [0.15, 0.2) is 46.9 Å². The first-order chi connectivity index (χ1) is 8.56. The molecule has 0 radical (unpaired) electrons. The molecule has 0 atom stereocenters. The van der Waals surface area contributed by atoms with E-state index in [9.17, 15) is 4.79 Å². The van der Waals surface area contributed by atoms with Gasteiger partial charge in [0.2, 0.25) is 0 Å². The Bertz CT molecular complexity index is 599. The number of carbonyl (C=O) groups excluding carboxylic acids is 1. The smallest absolute Gasteiger partial charge is 0.250 e. The molecule has 0 bridgehead atoms. The van der Waals surface area contributed by atoms with Gasteiger partial charge >= 0.3 is 0 Å². The highest BCUT2D eigenvalue weighted by molar-refractivity contribution is 9.10. The summed E-state index contributed by atoms with van der Waals surface area (Å²) in [7, 11) is 0. The van der Waals surface area contributed by atoms with E-state index in [1.807, 2.05) is 24.3 Å². The van der Waals surface area contributed by atoms with E-state index >= 15 is 0 Å². The quantitative estimate of drug-likeness (QED) is 0.763. The van der Waals surface area contributed by atoms with Crippen LogP contribution in [-0.2, 0) is 0 Å². The Kier molecular flexibility index (Phi) is 3.53. The molecule has 0 aliphatic heterocycles. The van der Waals surface area contributed by atoms with E-state index in [2.05, 4.69) is 21.2 Å². The number of benzene rings is 2. The summed E-state index contributed by atoms with van der Waals surface area (Å²) in [5, 5.41) is 3.17. The number of halogens is 1. The van der Waals surface area contributed by atoms with Crippen LogP contribution in [0, 0.1) is 0 Å². The van der Waals surface area contributed by atoms with Gasteiger partial charge in [0, 0.05) is 21.5 Å². The molecule has 4 nitrogen and oxygen atoms in total. The number of carbonyl (C=O) groups is 1. The molecule has 2 aromatic carbocycles. The monoisotopic (exact) mass is 305 g/mol. The van der Waals surface area contributed by atoms with Crippen LogP contribution in [0.3, 0.4) is 0 Å². The van der Waals surface area contributed by atoms with Gasteiger partial charge in [0.1, 0.15) is 0 Å². The largest absolute Gasteiger partial charge is 0.398 e. The Morgan fingerprint density at radius 2 is 1.83 bits per heavy atom. The molecule has 0 saturated carbocycles. The second kappa shape index (κ2) is 5.10. The lowest BCUT2D eigenvalue weighted by atomic mass is 10.1. The van der Waals surface area contributed by atoms with Gasteiger partial charge in [-0.05, 0) is 36.4 Å². The van der Waals surface area contributed by atoms with E-state index < -0.39 is 5.91 Å².